The molecule has 0 saturated carbocycles. The Labute approximate surface area is 175 Å². The summed E-state index contributed by atoms with van der Waals surface area (Å²) in [5.41, 5.74) is 2.43. The Hall–Kier alpha value is -4.53. The Kier molecular flexibility index (Phi) is 5.15. The van der Waals surface area contributed by atoms with Crippen molar-refractivity contribution in [2.45, 2.75) is 6.92 Å². The van der Waals surface area contributed by atoms with Crippen LogP contribution < -0.4 is 16.2 Å². The minimum Gasteiger partial charge on any atom is -0.355 e. The van der Waals surface area contributed by atoms with Gasteiger partial charge in [0.05, 0.1) is 22.3 Å². The topological polar surface area (TPSA) is 130 Å². The summed E-state index contributed by atoms with van der Waals surface area (Å²) in [5, 5.41) is 17.2. The zero-order valence-electron chi connectivity index (χ0n) is 16.4. The second kappa shape index (κ2) is 8.07. The van der Waals surface area contributed by atoms with Crippen LogP contribution in [0.3, 0.4) is 0 Å². The lowest BCUT2D eigenvalue weighted by atomic mass is 10.1. The fraction of sp³-hybridized carbons (Fsp3) is 0.0455. The lowest BCUT2D eigenvalue weighted by Gasteiger charge is -2.11. The van der Waals surface area contributed by atoms with Crippen LogP contribution >= 0.6 is 0 Å². The second-order valence-corrected chi connectivity index (χ2v) is 6.87. The number of nitrogens with zero attached hydrogens (tertiary/aromatic N) is 2. The van der Waals surface area contributed by atoms with E-state index in [2.05, 4.69) is 20.6 Å². The molecule has 4 aromatic rings. The van der Waals surface area contributed by atoms with Crippen molar-refractivity contribution in [3.8, 4) is 0 Å². The second-order valence-electron chi connectivity index (χ2n) is 6.87. The number of aromatic nitrogens is 2. The molecule has 0 aliphatic carbocycles. The van der Waals surface area contributed by atoms with Crippen LogP contribution in [0.4, 0.5) is 22.7 Å². The van der Waals surface area contributed by atoms with Crippen LogP contribution in [-0.2, 0) is 0 Å². The Morgan fingerprint density at radius 3 is 2.52 bits per heavy atom. The van der Waals surface area contributed by atoms with Crippen LogP contribution in [0, 0.1) is 17.0 Å². The van der Waals surface area contributed by atoms with E-state index in [1.807, 2.05) is 19.1 Å². The highest BCUT2D eigenvalue weighted by atomic mass is 16.6. The van der Waals surface area contributed by atoms with Gasteiger partial charge in [0.15, 0.2) is 5.52 Å². The van der Waals surface area contributed by atoms with Gasteiger partial charge in [0.25, 0.3) is 17.2 Å². The van der Waals surface area contributed by atoms with Gasteiger partial charge < -0.3 is 15.6 Å². The van der Waals surface area contributed by atoms with Gasteiger partial charge in [-0.1, -0.05) is 17.7 Å². The summed E-state index contributed by atoms with van der Waals surface area (Å²) in [5.74, 6) is -0.219. The van der Waals surface area contributed by atoms with Gasteiger partial charge in [-0.25, -0.2) is 4.98 Å². The number of H-pyrrole nitrogens is 1. The molecule has 154 valence electrons. The summed E-state index contributed by atoms with van der Waals surface area (Å²) in [6.45, 7) is 1.92. The van der Waals surface area contributed by atoms with Gasteiger partial charge in [-0.2, -0.15) is 0 Å². The Balaban J connectivity index is 1.58. The number of hydrogen-bond donors (Lipinski definition) is 3. The molecule has 0 aliphatic rings. The fourth-order valence-corrected chi connectivity index (χ4v) is 3.20. The summed E-state index contributed by atoms with van der Waals surface area (Å²) in [4.78, 5) is 41.7. The van der Waals surface area contributed by atoms with Crippen molar-refractivity contribution in [1.82, 2.24) is 9.97 Å². The molecule has 31 heavy (non-hydrogen) atoms. The largest absolute Gasteiger partial charge is 0.355 e. The van der Waals surface area contributed by atoms with Gasteiger partial charge >= 0.3 is 0 Å². The maximum atomic E-state index is 12.4. The molecule has 1 amide bonds. The quantitative estimate of drug-likeness (QED) is 0.332. The number of hydrogen-bond acceptors (Lipinski definition) is 6. The molecule has 0 bridgehead atoms. The highest BCUT2D eigenvalue weighted by molar-refractivity contribution is 6.04. The highest BCUT2D eigenvalue weighted by Crippen LogP contribution is 2.29. The number of fused-ring (bicyclic) bond motifs is 1. The SMILES string of the molecule is Cc1cccc(C(=O)Nc2ccc(Nc3ccc([N+](=O)[O-])c4nc[nH]c(=O)c34)cc2)c1. The molecule has 3 aromatic carbocycles. The molecule has 0 saturated heterocycles. The number of non-ortho nitro benzene ring substituents is 1. The van der Waals surface area contributed by atoms with Crippen LogP contribution in [-0.4, -0.2) is 20.8 Å². The van der Waals surface area contributed by atoms with Crippen molar-refractivity contribution in [3.63, 3.8) is 0 Å². The number of aromatic amines is 1. The highest BCUT2D eigenvalue weighted by Gasteiger charge is 2.18. The van der Waals surface area contributed by atoms with Crippen LogP contribution in [0.1, 0.15) is 15.9 Å². The summed E-state index contributed by atoms with van der Waals surface area (Å²) >= 11 is 0. The number of nitro groups is 1. The van der Waals surface area contributed by atoms with E-state index in [0.29, 0.717) is 22.6 Å². The molecular weight excluding hydrogens is 398 g/mol. The van der Waals surface area contributed by atoms with Gasteiger partial charge in [0.1, 0.15) is 0 Å². The summed E-state index contributed by atoms with van der Waals surface area (Å²) in [6.07, 6.45) is 1.13. The average molecular weight is 415 g/mol. The van der Waals surface area contributed by atoms with E-state index >= 15 is 0 Å². The van der Waals surface area contributed by atoms with Crippen molar-refractivity contribution in [2.24, 2.45) is 0 Å². The third-order valence-electron chi connectivity index (χ3n) is 4.67. The van der Waals surface area contributed by atoms with Crippen molar-refractivity contribution in [3.05, 3.63) is 98.6 Å². The first kappa shape index (κ1) is 19.8. The average Bonchev–Trinajstić information content (AvgIpc) is 2.75. The van der Waals surface area contributed by atoms with Crippen molar-refractivity contribution in [2.75, 3.05) is 10.6 Å². The Morgan fingerprint density at radius 2 is 1.81 bits per heavy atom. The molecule has 0 atom stereocenters. The Bertz CT molecular complexity index is 1360. The molecule has 3 N–H and O–H groups in total. The van der Waals surface area contributed by atoms with Crippen molar-refractivity contribution < 1.29 is 9.72 Å². The minimum absolute atomic E-state index is 0.000730. The number of aryl methyl sites for hydroxylation is 1. The molecule has 0 radical (unpaired) electrons. The molecular formula is C22H17N5O4. The predicted molar refractivity (Wildman–Crippen MR) is 118 cm³/mol. The molecule has 0 spiro atoms. The minimum atomic E-state index is -0.579. The maximum absolute atomic E-state index is 12.4. The molecule has 1 aromatic heterocycles. The molecule has 9 nitrogen and oxygen atoms in total. The summed E-state index contributed by atoms with van der Waals surface area (Å²) in [7, 11) is 0. The van der Waals surface area contributed by atoms with Gasteiger partial charge in [-0.3, -0.25) is 19.7 Å². The van der Waals surface area contributed by atoms with Crippen LogP contribution in [0.25, 0.3) is 10.9 Å². The summed E-state index contributed by atoms with van der Waals surface area (Å²) < 4.78 is 0. The normalized spacial score (nSPS) is 10.6. The van der Waals surface area contributed by atoms with Gasteiger partial charge in [-0.15, -0.1) is 0 Å². The zero-order chi connectivity index (χ0) is 22.0. The monoisotopic (exact) mass is 415 g/mol. The number of benzene rings is 3. The smallest absolute Gasteiger partial charge is 0.295 e. The van der Waals surface area contributed by atoms with Gasteiger partial charge in [0.2, 0.25) is 0 Å². The number of anilines is 3. The molecule has 9 heteroatoms. The fourth-order valence-electron chi connectivity index (χ4n) is 3.20. The zero-order valence-corrected chi connectivity index (χ0v) is 16.4. The van der Waals surface area contributed by atoms with Crippen LogP contribution in [0.15, 0.2) is 71.8 Å². The molecule has 0 fully saturated rings. The molecule has 1 heterocycles. The first-order chi connectivity index (χ1) is 14.9. The van der Waals surface area contributed by atoms with Gasteiger partial charge in [0, 0.05) is 23.0 Å². The van der Waals surface area contributed by atoms with E-state index in [-0.39, 0.29) is 22.5 Å². The Morgan fingerprint density at radius 1 is 1.06 bits per heavy atom. The van der Waals surface area contributed by atoms with E-state index in [4.69, 9.17) is 0 Å². The van der Waals surface area contributed by atoms with E-state index in [0.717, 1.165) is 11.9 Å². The molecule has 0 unspecified atom stereocenters. The van der Waals surface area contributed by atoms with Crippen LogP contribution in [0.2, 0.25) is 0 Å². The standard InChI is InChI=1S/C22H17N5O4/c1-13-3-2-4-14(11-13)21(28)26-16-7-5-15(6-8-16)25-17-9-10-18(27(30)31)20-19(17)22(29)24-12-23-20/h2-12,25H,1H3,(H,26,28)(H,23,24,29). The molecule has 4 rings (SSSR count). The van der Waals surface area contributed by atoms with Gasteiger partial charge in [-0.05, 0) is 49.4 Å². The lowest BCUT2D eigenvalue weighted by Crippen LogP contribution is -2.12. The van der Waals surface area contributed by atoms with Crippen molar-refractivity contribution in [1.29, 1.82) is 0 Å². The number of nitro benzene ring substituents is 1. The number of nitrogens with one attached hydrogen (secondary N) is 3. The number of carbonyl (C=O) groups is 1. The predicted octanol–water partition coefficient (Wildman–Crippen LogP) is 4.14. The first-order valence-electron chi connectivity index (χ1n) is 9.32. The third-order valence-corrected chi connectivity index (χ3v) is 4.67. The first-order valence-corrected chi connectivity index (χ1v) is 9.32. The number of rotatable bonds is 5. The number of amides is 1. The van der Waals surface area contributed by atoms with E-state index in [1.165, 1.54) is 12.1 Å². The van der Waals surface area contributed by atoms with Crippen molar-refractivity contribution >= 4 is 39.6 Å². The van der Waals surface area contributed by atoms with E-state index in [1.54, 1.807) is 36.4 Å². The van der Waals surface area contributed by atoms with Crippen LogP contribution in [0.5, 0.6) is 0 Å². The van der Waals surface area contributed by atoms with E-state index in [9.17, 15) is 19.7 Å². The lowest BCUT2D eigenvalue weighted by molar-refractivity contribution is -0.383. The summed E-state index contributed by atoms with van der Waals surface area (Å²) in [6, 6.07) is 16.9. The van der Waals surface area contributed by atoms with E-state index < -0.39 is 10.5 Å². The molecule has 0 aliphatic heterocycles. The maximum Gasteiger partial charge on any atom is 0.295 e. The number of carbonyl (C=O) groups excluding carboxylic acids is 1. The third kappa shape index (κ3) is 4.10.